The van der Waals surface area contributed by atoms with Crippen LogP contribution >= 0.6 is 11.3 Å². The van der Waals surface area contributed by atoms with Crippen molar-refractivity contribution in [2.45, 2.75) is 6.42 Å². The fourth-order valence-corrected chi connectivity index (χ4v) is 3.10. The lowest BCUT2D eigenvalue weighted by atomic mass is 10.2. The Labute approximate surface area is 123 Å². The number of hydrogen-bond donors (Lipinski definition) is 1. The number of thiophene rings is 1. The highest BCUT2D eigenvalue weighted by molar-refractivity contribution is 7.09. The van der Waals surface area contributed by atoms with E-state index in [9.17, 15) is 0 Å². The molecule has 2 aromatic rings. The zero-order valence-electron chi connectivity index (χ0n) is 11.6. The molecule has 3 heterocycles. The second-order valence-electron chi connectivity index (χ2n) is 5.12. The molecule has 0 aromatic carbocycles. The van der Waals surface area contributed by atoms with E-state index >= 15 is 0 Å². The average Bonchev–Trinajstić information content (AvgIpc) is 2.91. The van der Waals surface area contributed by atoms with Crippen molar-refractivity contribution in [3.8, 4) is 0 Å². The lowest BCUT2D eigenvalue weighted by molar-refractivity contribution is 0.312. The summed E-state index contributed by atoms with van der Waals surface area (Å²) in [6, 6.07) is 6.26. The summed E-state index contributed by atoms with van der Waals surface area (Å²) >= 11 is 1.74. The maximum absolute atomic E-state index is 5.87. The average molecular weight is 289 g/mol. The van der Waals surface area contributed by atoms with Crippen LogP contribution in [0.1, 0.15) is 10.6 Å². The highest BCUT2D eigenvalue weighted by Crippen LogP contribution is 2.19. The van der Waals surface area contributed by atoms with E-state index < -0.39 is 0 Å². The van der Waals surface area contributed by atoms with Crippen molar-refractivity contribution in [3.63, 3.8) is 0 Å². The van der Waals surface area contributed by atoms with Gasteiger partial charge in [-0.25, -0.2) is 4.98 Å². The van der Waals surface area contributed by atoms with Crippen molar-refractivity contribution in [1.29, 1.82) is 0 Å². The summed E-state index contributed by atoms with van der Waals surface area (Å²) in [6.07, 6.45) is 0.825. The van der Waals surface area contributed by atoms with Gasteiger partial charge in [0.2, 0.25) is 5.95 Å². The molecule has 0 amide bonds. The molecule has 0 bridgehead atoms. The van der Waals surface area contributed by atoms with Gasteiger partial charge < -0.3 is 15.5 Å². The summed E-state index contributed by atoms with van der Waals surface area (Å²) in [7, 11) is 2.15. The number of anilines is 2. The van der Waals surface area contributed by atoms with Crippen LogP contribution in [0, 0.1) is 0 Å². The first-order chi connectivity index (χ1) is 9.70. The van der Waals surface area contributed by atoms with Crippen LogP contribution in [0.2, 0.25) is 0 Å². The SMILES string of the molecule is CN1CCN(c2cc(Cc3cccs3)nc(N)n2)CC1. The fraction of sp³-hybridized carbons (Fsp3) is 0.429. The second-order valence-corrected chi connectivity index (χ2v) is 6.15. The molecule has 0 radical (unpaired) electrons. The Hall–Kier alpha value is -1.66. The quantitative estimate of drug-likeness (QED) is 0.927. The maximum atomic E-state index is 5.87. The van der Waals surface area contributed by atoms with Crippen molar-refractivity contribution in [2.75, 3.05) is 43.9 Å². The highest BCUT2D eigenvalue weighted by Gasteiger charge is 2.16. The summed E-state index contributed by atoms with van der Waals surface area (Å²) in [5.74, 6) is 1.32. The maximum Gasteiger partial charge on any atom is 0.222 e. The van der Waals surface area contributed by atoms with Crippen LogP contribution in [0.25, 0.3) is 0 Å². The molecular formula is C14H19N5S. The van der Waals surface area contributed by atoms with Crippen molar-refractivity contribution >= 4 is 23.1 Å². The molecule has 106 valence electrons. The van der Waals surface area contributed by atoms with Crippen LogP contribution in [0.3, 0.4) is 0 Å². The predicted molar refractivity (Wildman–Crippen MR) is 83.3 cm³/mol. The first-order valence-corrected chi connectivity index (χ1v) is 7.68. The first kappa shape index (κ1) is 13.3. The van der Waals surface area contributed by atoms with Gasteiger partial charge in [0.25, 0.3) is 0 Å². The van der Waals surface area contributed by atoms with Gasteiger partial charge in [-0.3, -0.25) is 0 Å². The summed E-state index contributed by atoms with van der Waals surface area (Å²) in [6.45, 7) is 4.10. The van der Waals surface area contributed by atoms with Crippen LogP contribution in [-0.2, 0) is 6.42 Å². The minimum absolute atomic E-state index is 0.369. The van der Waals surface area contributed by atoms with Crippen molar-refractivity contribution in [2.24, 2.45) is 0 Å². The van der Waals surface area contributed by atoms with Gasteiger partial charge in [-0.05, 0) is 18.5 Å². The van der Waals surface area contributed by atoms with E-state index in [0.29, 0.717) is 5.95 Å². The number of nitrogens with two attached hydrogens (primary N) is 1. The highest BCUT2D eigenvalue weighted by atomic mass is 32.1. The number of aromatic nitrogens is 2. The molecule has 3 rings (SSSR count). The number of likely N-dealkylation sites (N-methyl/N-ethyl adjacent to an activating group) is 1. The number of rotatable bonds is 3. The molecule has 1 fully saturated rings. The van der Waals surface area contributed by atoms with Crippen molar-refractivity contribution in [1.82, 2.24) is 14.9 Å². The summed E-state index contributed by atoms with van der Waals surface area (Å²) < 4.78 is 0. The van der Waals surface area contributed by atoms with Crippen molar-refractivity contribution < 1.29 is 0 Å². The monoisotopic (exact) mass is 289 g/mol. The molecule has 0 aliphatic carbocycles. The summed E-state index contributed by atoms with van der Waals surface area (Å²) in [5.41, 5.74) is 6.86. The van der Waals surface area contributed by atoms with Crippen LogP contribution in [0.5, 0.6) is 0 Å². The molecule has 2 N–H and O–H groups in total. The lowest BCUT2D eigenvalue weighted by Gasteiger charge is -2.33. The third kappa shape index (κ3) is 3.08. The number of hydrogen-bond acceptors (Lipinski definition) is 6. The number of nitrogen functional groups attached to an aromatic ring is 1. The molecule has 1 saturated heterocycles. The molecule has 20 heavy (non-hydrogen) atoms. The zero-order chi connectivity index (χ0) is 13.9. The summed E-state index contributed by atoms with van der Waals surface area (Å²) in [5, 5.41) is 2.08. The normalized spacial score (nSPS) is 16.6. The predicted octanol–water partition coefficient (Wildman–Crippen LogP) is 1.46. The lowest BCUT2D eigenvalue weighted by Crippen LogP contribution is -2.44. The van der Waals surface area contributed by atoms with Crippen molar-refractivity contribution in [3.05, 3.63) is 34.2 Å². The first-order valence-electron chi connectivity index (χ1n) is 6.80. The zero-order valence-corrected chi connectivity index (χ0v) is 12.4. The van der Waals surface area contributed by atoms with Gasteiger partial charge in [0.15, 0.2) is 0 Å². The number of nitrogens with zero attached hydrogens (tertiary/aromatic N) is 4. The van der Waals surface area contributed by atoms with Crippen LogP contribution in [0.4, 0.5) is 11.8 Å². The van der Waals surface area contributed by atoms with E-state index in [4.69, 9.17) is 5.73 Å². The number of piperazine rings is 1. The Morgan fingerprint density at radius 2 is 2.05 bits per heavy atom. The van der Waals surface area contributed by atoms with E-state index in [1.54, 1.807) is 11.3 Å². The second kappa shape index (κ2) is 5.76. The standard InChI is InChI=1S/C14H19N5S/c1-18-4-6-19(7-5-18)13-10-11(16-14(15)17-13)9-12-3-2-8-20-12/h2-3,8,10H,4-7,9H2,1H3,(H2,15,16,17). The van der Waals surface area contributed by atoms with Gasteiger partial charge in [0.1, 0.15) is 5.82 Å². The smallest absolute Gasteiger partial charge is 0.222 e. The van der Waals surface area contributed by atoms with Gasteiger partial charge in [-0.15, -0.1) is 11.3 Å². The Kier molecular flexibility index (Phi) is 3.84. The Bertz CT molecular complexity index is 561. The van der Waals surface area contributed by atoms with E-state index in [1.165, 1.54) is 4.88 Å². The fourth-order valence-electron chi connectivity index (χ4n) is 2.38. The summed E-state index contributed by atoms with van der Waals surface area (Å²) in [4.78, 5) is 14.7. The van der Waals surface area contributed by atoms with Gasteiger partial charge in [-0.2, -0.15) is 4.98 Å². The van der Waals surface area contributed by atoms with E-state index in [0.717, 1.165) is 44.1 Å². The Morgan fingerprint density at radius 1 is 1.25 bits per heavy atom. The van der Waals surface area contributed by atoms with Crippen LogP contribution in [0.15, 0.2) is 23.6 Å². The van der Waals surface area contributed by atoms with Gasteiger partial charge in [0, 0.05) is 43.5 Å². The van der Waals surface area contributed by atoms with E-state index in [-0.39, 0.29) is 0 Å². The third-order valence-corrected chi connectivity index (χ3v) is 4.42. The van der Waals surface area contributed by atoms with Gasteiger partial charge in [0.05, 0.1) is 5.69 Å². The molecule has 0 atom stereocenters. The molecule has 0 saturated carbocycles. The molecule has 0 unspecified atom stereocenters. The minimum atomic E-state index is 0.369. The molecule has 1 aliphatic heterocycles. The van der Waals surface area contributed by atoms with E-state index in [1.807, 2.05) is 0 Å². The minimum Gasteiger partial charge on any atom is -0.368 e. The molecule has 1 aliphatic rings. The van der Waals surface area contributed by atoms with E-state index in [2.05, 4.69) is 50.4 Å². The molecule has 6 heteroatoms. The van der Waals surface area contributed by atoms with Crippen LogP contribution in [-0.4, -0.2) is 48.1 Å². The largest absolute Gasteiger partial charge is 0.368 e. The topological polar surface area (TPSA) is 58.3 Å². The third-order valence-electron chi connectivity index (χ3n) is 3.55. The molecular weight excluding hydrogens is 270 g/mol. The molecule has 2 aromatic heterocycles. The van der Waals surface area contributed by atoms with Gasteiger partial charge >= 0.3 is 0 Å². The van der Waals surface area contributed by atoms with Crippen LogP contribution < -0.4 is 10.6 Å². The Morgan fingerprint density at radius 3 is 2.75 bits per heavy atom. The van der Waals surface area contributed by atoms with Gasteiger partial charge in [-0.1, -0.05) is 6.07 Å². The molecule has 0 spiro atoms. The molecule has 5 nitrogen and oxygen atoms in total. The Balaban J connectivity index is 1.79.